The minimum Gasteiger partial charge on any atom is -0.393 e. The SMILES string of the molecule is C#CCCCC(O)CCOCc1ccccc1. The van der Waals surface area contributed by atoms with Crippen LogP contribution in [-0.2, 0) is 11.3 Å². The molecule has 1 unspecified atom stereocenters. The average molecular weight is 232 g/mol. The predicted octanol–water partition coefficient (Wildman–Crippen LogP) is 2.76. The maximum atomic E-state index is 9.62. The molecule has 17 heavy (non-hydrogen) atoms. The average Bonchev–Trinajstić information content (AvgIpc) is 2.36. The van der Waals surface area contributed by atoms with Crippen molar-refractivity contribution in [3.8, 4) is 12.3 Å². The van der Waals surface area contributed by atoms with E-state index in [1.807, 2.05) is 30.3 Å². The lowest BCUT2D eigenvalue weighted by atomic mass is 10.1. The fourth-order valence-corrected chi connectivity index (χ4v) is 1.57. The number of aliphatic hydroxyl groups excluding tert-OH is 1. The molecule has 2 heteroatoms. The van der Waals surface area contributed by atoms with Crippen LogP contribution >= 0.6 is 0 Å². The van der Waals surface area contributed by atoms with Crippen LogP contribution in [0.1, 0.15) is 31.2 Å². The highest BCUT2D eigenvalue weighted by molar-refractivity contribution is 5.13. The summed E-state index contributed by atoms with van der Waals surface area (Å²) in [5.41, 5.74) is 1.16. The number of hydrogen-bond acceptors (Lipinski definition) is 2. The summed E-state index contributed by atoms with van der Waals surface area (Å²) in [6, 6.07) is 10.0. The fourth-order valence-electron chi connectivity index (χ4n) is 1.57. The molecule has 0 aliphatic rings. The van der Waals surface area contributed by atoms with E-state index in [9.17, 15) is 5.11 Å². The molecule has 0 amide bonds. The van der Waals surface area contributed by atoms with Gasteiger partial charge in [0.05, 0.1) is 12.7 Å². The van der Waals surface area contributed by atoms with Gasteiger partial charge in [-0.05, 0) is 24.8 Å². The molecule has 1 atom stereocenters. The Morgan fingerprint density at radius 1 is 1.24 bits per heavy atom. The summed E-state index contributed by atoms with van der Waals surface area (Å²) in [4.78, 5) is 0. The van der Waals surface area contributed by atoms with Gasteiger partial charge in [0.15, 0.2) is 0 Å². The van der Waals surface area contributed by atoms with Crippen LogP contribution in [0.25, 0.3) is 0 Å². The molecule has 0 aliphatic heterocycles. The first-order chi connectivity index (χ1) is 8.33. The van der Waals surface area contributed by atoms with Crippen molar-refractivity contribution in [3.63, 3.8) is 0 Å². The lowest BCUT2D eigenvalue weighted by Gasteiger charge is -2.10. The first-order valence-electron chi connectivity index (χ1n) is 6.06. The summed E-state index contributed by atoms with van der Waals surface area (Å²) >= 11 is 0. The van der Waals surface area contributed by atoms with Gasteiger partial charge in [-0.2, -0.15) is 0 Å². The van der Waals surface area contributed by atoms with Crippen LogP contribution in [0.5, 0.6) is 0 Å². The molecule has 0 fully saturated rings. The molecule has 0 saturated carbocycles. The van der Waals surface area contributed by atoms with Crippen LogP contribution in [0.2, 0.25) is 0 Å². The smallest absolute Gasteiger partial charge is 0.0716 e. The summed E-state index contributed by atoms with van der Waals surface area (Å²) in [5, 5.41) is 9.62. The van der Waals surface area contributed by atoms with Crippen molar-refractivity contribution >= 4 is 0 Å². The summed E-state index contributed by atoms with van der Waals surface area (Å²) < 4.78 is 5.50. The van der Waals surface area contributed by atoms with E-state index in [2.05, 4.69) is 5.92 Å². The molecule has 92 valence electrons. The summed E-state index contributed by atoms with van der Waals surface area (Å²) in [6.07, 6.45) is 7.92. The topological polar surface area (TPSA) is 29.5 Å². The van der Waals surface area contributed by atoms with Crippen LogP contribution in [0.3, 0.4) is 0 Å². The highest BCUT2D eigenvalue weighted by Crippen LogP contribution is 2.06. The van der Waals surface area contributed by atoms with Crippen molar-refractivity contribution in [1.82, 2.24) is 0 Å². The van der Waals surface area contributed by atoms with Gasteiger partial charge in [-0.25, -0.2) is 0 Å². The molecule has 0 heterocycles. The highest BCUT2D eigenvalue weighted by Gasteiger charge is 2.03. The number of unbranched alkanes of at least 4 members (excludes halogenated alkanes) is 1. The molecular weight excluding hydrogens is 212 g/mol. The molecule has 1 aromatic carbocycles. The molecular formula is C15H20O2. The number of hydrogen-bond donors (Lipinski definition) is 1. The standard InChI is InChI=1S/C15H20O2/c1-2-3-5-10-15(16)11-12-17-13-14-8-6-4-7-9-14/h1,4,6-9,15-16H,3,5,10-13H2. The molecule has 2 nitrogen and oxygen atoms in total. The van der Waals surface area contributed by atoms with E-state index in [0.29, 0.717) is 19.6 Å². The monoisotopic (exact) mass is 232 g/mol. The maximum Gasteiger partial charge on any atom is 0.0716 e. The lowest BCUT2D eigenvalue weighted by molar-refractivity contribution is 0.0694. The second kappa shape index (κ2) is 8.81. The molecule has 0 aromatic heterocycles. The number of benzene rings is 1. The zero-order valence-corrected chi connectivity index (χ0v) is 10.1. The maximum absolute atomic E-state index is 9.62. The van der Waals surface area contributed by atoms with Gasteiger partial charge in [0.1, 0.15) is 0 Å². The van der Waals surface area contributed by atoms with Crippen molar-refractivity contribution in [2.45, 2.75) is 38.4 Å². The predicted molar refractivity (Wildman–Crippen MR) is 69.4 cm³/mol. The Hall–Kier alpha value is -1.30. The third kappa shape index (κ3) is 6.78. The largest absolute Gasteiger partial charge is 0.393 e. The Balaban J connectivity index is 2.02. The van der Waals surface area contributed by atoms with Crippen LogP contribution in [-0.4, -0.2) is 17.8 Å². The van der Waals surface area contributed by atoms with Gasteiger partial charge in [-0.3, -0.25) is 0 Å². The van der Waals surface area contributed by atoms with E-state index in [-0.39, 0.29) is 6.10 Å². The number of rotatable bonds is 8. The van der Waals surface area contributed by atoms with E-state index >= 15 is 0 Å². The van der Waals surface area contributed by atoms with Crippen LogP contribution in [0.4, 0.5) is 0 Å². The third-order valence-corrected chi connectivity index (χ3v) is 2.57. The fraction of sp³-hybridized carbons (Fsp3) is 0.467. The summed E-state index contributed by atoms with van der Waals surface area (Å²) in [6.45, 7) is 1.20. The van der Waals surface area contributed by atoms with E-state index in [4.69, 9.17) is 11.2 Å². The third-order valence-electron chi connectivity index (χ3n) is 2.57. The first-order valence-corrected chi connectivity index (χ1v) is 6.06. The number of terminal acetylenes is 1. The lowest BCUT2D eigenvalue weighted by Crippen LogP contribution is -2.10. The van der Waals surface area contributed by atoms with E-state index in [1.54, 1.807) is 0 Å². The van der Waals surface area contributed by atoms with Crippen molar-refractivity contribution < 1.29 is 9.84 Å². The second-order valence-electron chi connectivity index (χ2n) is 4.08. The molecule has 0 spiro atoms. The zero-order chi connectivity index (χ0) is 12.3. The second-order valence-corrected chi connectivity index (χ2v) is 4.08. The van der Waals surface area contributed by atoms with Crippen LogP contribution in [0.15, 0.2) is 30.3 Å². The highest BCUT2D eigenvalue weighted by atomic mass is 16.5. The summed E-state index contributed by atoms with van der Waals surface area (Å²) in [7, 11) is 0. The van der Waals surface area contributed by atoms with Gasteiger partial charge in [0, 0.05) is 13.0 Å². The molecule has 1 N–H and O–H groups in total. The Bertz CT molecular complexity index is 327. The molecule has 0 saturated heterocycles. The quantitative estimate of drug-likeness (QED) is 0.551. The Morgan fingerprint density at radius 3 is 2.71 bits per heavy atom. The molecule has 1 rings (SSSR count). The number of aliphatic hydroxyl groups is 1. The number of ether oxygens (including phenoxy) is 1. The van der Waals surface area contributed by atoms with Crippen molar-refractivity contribution in [3.05, 3.63) is 35.9 Å². The Labute approximate surface area is 104 Å². The van der Waals surface area contributed by atoms with Gasteiger partial charge in [-0.15, -0.1) is 12.3 Å². The van der Waals surface area contributed by atoms with Crippen molar-refractivity contribution in [2.75, 3.05) is 6.61 Å². The normalized spacial score (nSPS) is 12.0. The van der Waals surface area contributed by atoms with Crippen LogP contribution < -0.4 is 0 Å². The van der Waals surface area contributed by atoms with E-state index < -0.39 is 0 Å². The minimum atomic E-state index is -0.292. The van der Waals surface area contributed by atoms with Gasteiger partial charge in [0.2, 0.25) is 0 Å². The van der Waals surface area contributed by atoms with Crippen LogP contribution in [0, 0.1) is 12.3 Å². The van der Waals surface area contributed by atoms with Gasteiger partial charge in [-0.1, -0.05) is 30.3 Å². The van der Waals surface area contributed by atoms with Crippen molar-refractivity contribution in [2.24, 2.45) is 0 Å². The van der Waals surface area contributed by atoms with Crippen molar-refractivity contribution in [1.29, 1.82) is 0 Å². The zero-order valence-electron chi connectivity index (χ0n) is 10.1. The van der Waals surface area contributed by atoms with Gasteiger partial charge in [0.25, 0.3) is 0 Å². The van der Waals surface area contributed by atoms with Gasteiger partial charge < -0.3 is 9.84 Å². The molecule has 1 aromatic rings. The van der Waals surface area contributed by atoms with E-state index in [1.165, 1.54) is 0 Å². The molecule has 0 radical (unpaired) electrons. The Kier molecular flexibility index (Phi) is 7.13. The first kappa shape index (κ1) is 13.8. The Morgan fingerprint density at radius 2 is 2.00 bits per heavy atom. The molecule has 0 aliphatic carbocycles. The van der Waals surface area contributed by atoms with Gasteiger partial charge >= 0.3 is 0 Å². The van der Waals surface area contributed by atoms with E-state index in [0.717, 1.165) is 24.8 Å². The minimum absolute atomic E-state index is 0.292. The molecule has 0 bridgehead atoms. The summed E-state index contributed by atoms with van der Waals surface area (Å²) in [5.74, 6) is 2.57.